The predicted molar refractivity (Wildman–Crippen MR) is 103 cm³/mol. The topological polar surface area (TPSA) is 117 Å². The minimum atomic E-state index is -1.10. The Balaban J connectivity index is 1.67. The third kappa shape index (κ3) is 4.47. The zero-order chi connectivity index (χ0) is 21.0. The number of hydrogen-bond donors (Lipinski definition) is 1. The Morgan fingerprint density at radius 2 is 1.79 bits per heavy atom. The molecule has 0 spiro atoms. The quantitative estimate of drug-likeness (QED) is 0.618. The van der Waals surface area contributed by atoms with Crippen LogP contribution in [0.1, 0.15) is 35.7 Å². The van der Waals surface area contributed by atoms with Crippen LogP contribution >= 0.6 is 0 Å². The summed E-state index contributed by atoms with van der Waals surface area (Å²) < 4.78 is 5.19. The molecule has 0 radical (unpaired) electrons. The number of anilines is 2. The van der Waals surface area contributed by atoms with Crippen molar-refractivity contribution in [2.45, 2.75) is 25.9 Å². The molecule has 146 valence electrons. The highest BCUT2D eigenvalue weighted by atomic mass is 16.5. The molecule has 2 aromatic carbocycles. The summed E-state index contributed by atoms with van der Waals surface area (Å²) in [4.78, 5) is 49.5. The molecular weight excluding hydrogens is 374 g/mol. The zero-order valence-corrected chi connectivity index (χ0v) is 15.5. The number of nitriles is 1. The van der Waals surface area contributed by atoms with Gasteiger partial charge in [0.15, 0.2) is 6.10 Å². The lowest BCUT2D eigenvalue weighted by Crippen LogP contribution is -2.30. The molecule has 29 heavy (non-hydrogen) atoms. The molecule has 1 N–H and O–H groups in total. The summed E-state index contributed by atoms with van der Waals surface area (Å²) in [6, 6.07) is 14.2. The number of ether oxygens (including phenoxy) is 1. The van der Waals surface area contributed by atoms with E-state index in [9.17, 15) is 19.2 Å². The maximum Gasteiger partial charge on any atom is 0.338 e. The summed E-state index contributed by atoms with van der Waals surface area (Å²) in [5.41, 5.74) is 1.19. The number of benzene rings is 2. The molecule has 1 aliphatic rings. The average molecular weight is 391 g/mol. The molecule has 8 nitrogen and oxygen atoms in total. The Morgan fingerprint density at radius 1 is 1.10 bits per heavy atom. The van der Waals surface area contributed by atoms with Gasteiger partial charge in [0.25, 0.3) is 5.91 Å². The van der Waals surface area contributed by atoms with Crippen molar-refractivity contribution in [3.8, 4) is 6.07 Å². The van der Waals surface area contributed by atoms with Crippen LogP contribution in [0, 0.1) is 11.3 Å². The van der Waals surface area contributed by atoms with Crippen molar-refractivity contribution in [3.05, 3.63) is 59.7 Å². The molecule has 1 aliphatic heterocycles. The minimum absolute atomic E-state index is 0.112. The highest BCUT2D eigenvalue weighted by Crippen LogP contribution is 2.24. The molecule has 1 saturated heterocycles. The largest absolute Gasteiger partial charge is 0.449 e. The number of rotatable bonds is 5. The Morgan fingerprint density at radius 3 is 2.48 bits per heavy atom. The van der Waals surface area contributed by atoms with Gasteiger partial charge in [0, 0.05) is 18.5 Å². The average Bonchev–Trinajstić information content (AvgIpc) is 3.06. The van der Waals surface area contributed by atoms with E-state index in [0.717, 1.165) is 4.90 Å². The molecule has 0 unspecified atom stereocenters. The van der Waals surface area contributed by atoms with Crippen LogP contribution in [-0.4, -0.2) is 29.8 Å². The summed E-state index contributed by atoms with van der Waals surface area (Å²) in [6.07, 6.45) is -0.831. The Kier molecular flexibility index (Phi) is 5.69. The van der Waals surface area contributed by atoms with Gasteiger partial charge in [0.1, 0.15) is 0 Å². The lowest BCUT2D eigenvalue weighted by Gasteiger charge is -2.16. The van der Waals surface area contributed by atoms with Crippen LogP contribution in [-0.2, 0) is 19.1 Å². The highest BCUT2D eigenvalue weighted by molar-refractivity contribution is 6.20. The summed E-state index contributed by atoms with van der Waals surface area (Å²) in [5, 5.41) is 11.5. The molecule has 2 aromatic rings. The number of carbonyl (C=O) groups excluding carboxylic acids is 4. The number of imide groups is 1. The van der Waals surface area contributed by atoms with Crippen molar-refractivity contribution in [2.75, 3.05) is 10.2 Å². The maximum absolute atomic E-state index is 12.4. The first kappa shape index (κ1) is 19.8. The molecular formula is C21H17N3O5. The zero-order valence-electron chi connectivity index (χ0n) is 15.5. The second-order valence-electron chi connectivity index (χ2n) is 6.40. The van der Waals surface area contributed by atoms with Crippen molar-refractivity contribution >= 4 is 35.1 Å². The van der Waals surface area contributed by atoms with E-state index < -0.39 is 18.0 Å². The van der Waals surface area contributed by atoms with Crippen LogP contribution in [0.25, 0.3) is 0 Å². The van der Waals surface area contributed by atoms with Crippen LogP contribution in [0.4, 0.5) is 11.4 Å². The first-order valence-electron chi connectivity index (χ1n) is 8.87. The Hall–Kier alpha value is -3.99. The van der Waals surface area contributed by atoms with Gasteiger partial charge in [0.05, 0.1) is 22.9 Å². The van der Waals surface area contributed by atoms with E-state index in [-0.39, 0.29) is 35.9 Å². The van der Waals surface area contributed by atoms with Gasteiger partial charge in [-0.05, 0) is 43.3 Å². The standard InChI is InChI=1S/C21H17N3O5/c1-13(20(27)23-16-6-2-4-14(10-16)12-22)29-21(28)15-5-3-7-17(11-15)24-18(25)8-9-19(24)26/h2-7,10-11,13H,8-9H2,1H3,(H,23,27)/t13-/m0/s1. The van der Waals surface area contributed by atoms with Crippen molar-refractivity contribution in [3.63, 3.8) is 0 Å². The van der Waals surface area contributed by atoms with E-state index in [2.05, 4.69) is 5.32 Å². The van der Waals surface area contributed by atoms with Gasteiger partial charge in [-0.2, -0.15) is 5.26 Å². The Labute approximate surface area is 166 Å². The number of hydrogen-bond acceptors (Lipinski definition) is 6. The van der Waals surface area contributed by atoms with E-state index >= 15 is 0 Å². The van der Waals surface area contributed by atoms with Gasteiger partial charge >= 0.3 is 5.97 Å². The molecule has 8 heteroatoms. The lowest BCUT2D eigenvalue weighted by molar-refractivity contribution is -0.124. The lowest BCUT2D eigenvalue weighted by atomic mass is 10.2. The van der Waals surface area contributed by atoms with E-state index in [1.165, 1.54) is 31.2 Å². The fraction of sp³-hybridized carbons (Fsp3) is 0.190. The molecule has 1 atom stereocenters. The van der Waals surface area contributed by atoms with Gasteiger partial charge in [-0.3, -0.25) is 19.3 Å². The SMILES string of the molecule is C[C@H](OC(=O)c1cccc(N2C(=O)CCC2=O)c1)C(=O)Nc1cccc(C#N)c1. The number of esters is 1. The first-order valence-corrected chi connectivity index (χ1v) is 8.87. The summed E-state index contributed by atoms with van der Waals surface area (Å²) in [5.74, 6) is -1.98. The van der Waals surface area contributed by atoms with Gasteiger partial charge < -0.3 is 10.1 Å². The predicted octanol–water partition coefficient (Wildman–Crippen LogP) is 2.40. The molecule has 3 rings (SSSR count). The van der Waals surface area contributed by atoms with Gasteiger partial charge in [0.2, 0.25) is 11.8 Å². The molecule has 1 fully saturated rings. The highest BCUT2D eigenvalue weighted by Gasteiger charge is 2.30. The minimum Gasteiger partial charge on any atom is -0.449 e. The number of carbonyl (C=O) groups is 4. The third-order valence-corrected chi connectivity index (χ3v) is 4.30. The number of amides is 3. The second kappa shape index (κ2) is 8.35. The first-order chi connectivity index (χ1) is 13.9. The molecule has 0 bridgehead atoms. The van der Waals surface area contributed by atoms with Gasteiger partial charge in [-0.15, -0.1) is 0 Å². The maximum atomic E-state index is 12.4. The van der Waals surface area contributed by atoms with Crippen molar-refractivity contribution < 1.29 is 23.9 Å². The smallest absolute Gasteiger partial charge is 0.338 e. The monoisotopic (exact) mass is 391 g/mol. The molecule has 3 amide bonds. The van der Waals surface area contributed by atoms with E-state index in [0.29, 0.717) is 11.3 Å². The molecule has 0 aliphatic carbocycles. The molecule has 0 aromatic heterocycles. The van der Waals surface area contributed by atoms with Crippen molar-refractivity contribution in [1.82, 2.24) is 0 Å². The van der Waals surface area contributed by atoms with Gasteiger partial charge in [-0.1, -0.05) is 12.1 Å². The molecule has 0 saturated carbocycles. The van der Waals surface area contributed by atoms with Crippen molar-refractivity contribution in [1.29, 1.82) is 5.26 Å². The number of nitrogens with one attached hydrogen (secondary N) is 1. The van der Waals surface area contributed by atoms with E-state index in [1.54, 1.807) is 24.3 Å². The summed E-state index contributed by atoms with van der Waals surface area (Å²) >= 11 is 0. The van der Waals surface area contributed by atoms with Crippen LogP contribution in [0.2, 0.25) is 0 Å². The van der Waals surface area contributed by atoms with E-state index in [4.69, 9.17) is 10.00 Å². The third-order valence-electron chi connectivity index (χ3n) is 4.30. The summed E-state index contributed by atoms with van der Waals surface area (Å²) in [6.45, 7) is 1.42. The van der Waals surface area contributed by atoms with Crippen LogP contribution in [0.15, 0.2) is 48.5 Å². The van der Waals surface area contributed by atoms with Crippen molar-refractivity contribution in [2.24, 2.45) is 0 Å². The van der Waals surface area contributed by atoms with Crippen LogP contribution in [0.3, 0.4) is 0 Å². The van der Waals surface area contributed by atoms with E-state index in [1.807, 2.05) is 6.07 Å². The summed E-state index contributed by atoms with van der Waals surface area (Å²) in [7, 11) is 0. The van der Waals surface area contributed by atoms with Crippen LogP contribution in [0.5, 0.6) is 0 Å². The molecule has 1 heterocycles. The Bertz CT molecular complexity index is 1020. The number of nitrogens with zero attached hydrogens (tertiary/aromatic N) is 2. The normalized spacial score (nSPS) is 14.3. The fourth-order valence-corrected chi connectivity index (χ4v) is 2.83. The van der Waals surface area contributed by atoms with Crippen LogP contribution < -0.4 is 10.2 Å². The second-order valence-corrected chi connectivity index (χ2v) is 6.40. The fourth-order valence-electron chi connectivity index (χ4n) is 2.83. The van der Waals surface area contributed by atoms with Gasteiger partial charge in [-0.25, -0.2) is 4.79 Å².